The molecule has 7 heteroatoms. The van der Waals surface area contributed by atoms with E-state index in [4.69, 9.17) is 16.3 Å². The summed E-state index contributed by atoms with van der Waals surface area (Å²) in [7, 11) is 1.70. The molecule has 0 radical (unpaired) electrons. The van der Waals surface area contributed by atoms with Crippen LogP contribution in [0, 0.1) is 0 Å². The zero-order valence-electron chi connectivity index (χ0n) is 16.5. The number of benzene rings is 2. The van der Waals surface area contributed by atoms with E-state index >= 15 is 0 Å². The molecule has 0 saturated heterocycles. The Labute approximate surface area is 190 Å². The largest absolute Gasteiger partial charge is 0.383 e. The van der Waals surface area contributed by atoms with Gasteiger partial charge >= 0.3 is 0 Å². The van der Waals surface area contributed by atoms with Gasteiger partial charge in [-0.1, -0.05) is 35.9 Å². The first kappa shape index (κ1) is 24.5. The van der Waals surface area contributed by atoms with Crippen molar-refractivity contribution in [2.24, 2.45) is 4.99 Å². The molecule has 2 aromatic carbocycles. The lowest BCUT2D eigenvalue weighted by Crippen LogP contribution is -2.38. The Bertz CT molecular complexity index is 693. The predicted octanol–water partition coefficient (Wildman–Crippen LogP) is 4.31. The van der Waals surface area contributed by atoms with Crippen LogP contribution in [0.2, 0.25) is 5.02 Å². The van der Waals surface area contributed by atoms with E-state index in [1.54, 1.807) is 7.11 Å². The van der Waals surface area contributed by atoms with Gasteiger partial charge in [0, 0.05) is 37.5 Å². The molecule has 0 aliphatic rings. The van der Waals surface area contributed by atoms with E-state index in [-0.39, 0.29) is 24.0 Å². The van der Waals surface area contributed by atoms with Crippen LogP contribution in [0.3, 0.4) is 0 Å². The van der Waals surface area contributed by atoms with Crippen molar-refractivity contribution in [2.75, 3.05) is 38.7 Å². The molecule has 0 spiro atoms. The Morgan fingerprint density at radius 1 is 0.964 bits per heavy atom. The molecule has 0 saturated carbocycles. The summed E-state index contributed by atoms with van der Waals surface area (Å²) in [4.78, 5) is 4.67. The van der Waals surface area contributed by atoms with Crippen LogP contribution in [0.5, 0.6) is 0 Å². The summed E-state index contributed by atoms with van der Waals surface area (Å²) in [6.45, 7) is 5.84. The maximum Gasteiger partial charge on any atom is 0.191 e. The Kier molecular flexibility index (Phi) is 12.7. The Hall–Kier alpha value is -1.51. The second kappa shape index (κ2) is 14.5. The van der Waals surface area contributed by atoms with Crippen molar-refractivity contribution < 1.29 is 4.74 Å². The highest BCUT2D eigenvalue weighted by Gasteiger charge is 1.99. The van der Waals surface area contributed by atoms with Gasteiger partial charge in [0.1, 0.15) is 0 Å². The van der Waals surface area contributed by atoms with Crippen LogP contribution in [0.1, 0.15) is 18.1 Å². The van der Waals surface area contributed by atoms with Crippen molar-refractivity contribution in [3.8, 4) is 0 Å². The van der Waals surface area contributed by atoms with E-state index < -0.39 is 0 Å². The number of hydrogen-bond acceptors (Lipinski definition) is 3. The van der Waals surface area contributed by atoms with E-state index in [1.165, 1.54) is 11.1 Å². The molecular formula is C21H30ClIN4O. The third kappa shape index (κ3) is 9.61. The molecule has 0 aliphatic heterocycles. The average Bonchev–Trinajstić information content (AvgIpc) is 2.69. The Morgan fingerprint density at radius 3 is 2.29 bits per heavy atom. The van der Waals surface area contributed by atoms with Crippen molar-refractivity contribution >= 4 is 47.2 Å². The van der Waals surface area contributed by atoms with E-state index in [0.29, 0.717) is 13.2 Å². The van der Waals surface area contributed by atoms with Gasteiger partial charge in [-0.15, -0.1) is 24.0 Å². The maximum atomic E-state index is 5.92. The minimum Gasteiger partial charge on any atom is -0.383 e. The van der Waals surface area contributed by atoms with Crippen molar-refractivity contribution in [2.45, 2.75) is 19.9 Å². The zero-order chi connectivity index (χ0) is 19.3. The number of ether oxygens (including phenoxy) is 1. The number of halogens is 2. The Morgan fingerprint density at radius 2 is 1.64 bits per heavy atom. The van der Waals surface area contributed by atoms with Gasteiger partial charge in [-0.3, -0.25) is 0 Å². The quantitative estimate of drug-likeness (QED) is 0.191. The monoisotopic (exact) mass is 516 g/mol. The third-order valence-corrected chi connectivity index (χ3v) is 4.22. The highest BCUT2D eigenvalue weighted by molar-refractivity contribution is 14.0. The maximum absolute atomic E-state index is 5.92. The number of rotatable bonds is 10. The highest BCUT2D eigenvalue weighted by Crippen LogP contribution is 2.11. The molecule has 0 fully saturated rings. The highest BCUT2D eigenvalue weighted by atomic mass is 127. The molecule has 5 nitrogen and oxygen atoms in total. The van der Waals surface area contributed by atoms with Crippen LogP contribution >= 0.6 is 35.6 Å². The number of anilines is 1. The molecule has 2 aromatic rings. The van der Waals surface area contributed by atoms with Crippen molar-refractivity contribution in [1.29, 1.82) is 0 Å². The summed E-state index contributed by atoms with van der Waals surface area (Å²) in [6, 6.07) is 16.3. The normalized spacial score (nSPS) is 10.9. The average molecular weight is 517 g/mol. The SMILES string of the molecule is CCNC(=NCc1ccc(NCCOC)cc1)NCCc1ccc(Cl)cc1.I. The van der Waals surface area contributed by atoms with Crippen LogP contribution in [-0.4, -0.2) is 39.3 Å². The van der Waals surface area contributed by atoms with Gasteiger partial charge < -0.3 is 20.7 Å². The third-order valence-electron chi connectivity index (χ3n) is 3.97. The van der Waals surface area contributed by atoms with E-state index in [1.807, 2.05) is 12.1 Å². The van der Waals surface area contributed by atoms with Gasteiger partial charge in [-0.2, -0.15) is 0 Å². The van der Waals surface area contributed by atoms with Gasteiger partial charge in [-0.05, 0) is 48.7 Å². The number of guanidine groups is 1. The summed E-state index contributed by atoms with van der Waals surface area (Å²) in [6.07, 6.45) is 0.920. The molecule has 28 heavy (non-hydrogen) atoms. The molecule has 2 rings (SSSR count). The molecule has 0 atom stereocenters. The summed E-state index contributed by atoms with van der Waals surface area (Å²) in [5.74, 6) is 0.828. The number of nitrogens with zero attached hydrogens (tertiary/aromatic N) is 1. The van der Waals surface area contributed by atoms with Gasteiger partial charge in [0.15, 0.2) is 5.96 Å². The van der Waals surface area contributed by atoms with Gasteiger partial charge in [0.25, 0.3) is 0 Å². The lowest BCUT2D eigenvalue weighted by molar-refractivity contribution is 0.211. The molecule has 3 N–H and O–H groups in total. The van der Waals surface area contributed by atoms with E-state index in [9.17, 15) is 0 Å². The van der Waals surface area contributed by atoms with Crippen LogP contribution in [0.25, 0.3) is 0 Å². The zero-order valence-corrected chi connectivity index (χ0v) is 19.6. The summed E-state index contributed by atoms with van der Waals surface area (Å²) in [5, 5.41) is 10.7. The van der Waals surface area contributed by atoms with Gasteiger partial charge in [-0.25, -0.2) is 4.99 Å². The number of aliphatic imine (C=N–C) groups is 1. The lowest BCUT2D eigenvalue weighted by Gasteiger charge is -2.11. The van der Waals surface area contributed by atoms with Crippen molar-refractivity contribution in [3.63, 3.8) is 0 Å². The van der Waals surface area contributed by atoms with Crippen LogP contribution < -0.4 is 16.0 Å². The molecule has 0 aromatic heterocycles. The number of methoxy groups -OCH3 is 1. The topological polar surface area (TPSA) is 57.7 Å². The second-order valence-electron chi connectivity index (χ2n) is 6.11. The number of hydrogen-bond donors (Lipinski definition) is 3. The fourth-order valence-electron chi connectivity index (χ4n) is 2.51. The minimum absolute atomic E-state index is 0. The number of nitrogens with one attached hydrogen (secondary N) is 3. The first-order valence-electron chi connectivity index (χ1n) is 9.29. The van der Waals surface area contributed by atoms with Crippen molar-refractivity contribution in [1.82, 2.24) is 10.6 Å². The fourth-order valence-corrected chi connectivity index (χ4v) is 2.64. The molecule has 154 valence electrons. The predicted molar refractivity (Wildman–Crippen MR) is 130 cm³/mol. The second-order valence-corrected chi connectivity index (χ2v) is 6.55. The standard InChI is InChI=1S/C21H29ClN4O.HI/c1-3-23-21(25-13-12-17-4-8-19(22)9-5-17)26-16-18-6-10-20(11-7-18)24-14-15-27-2;/h4-11,24H,3,12-16H2,1-2H3,(H2,23,25,26);1H. The Balaban J connectivity index is 0.00000392. The molecule has 0 unspecified atom stereocenters. The fraction of sp³-hybridized carbons (Fsp3) is 0.381. The lowest BCUT2D eigenvalue weighted by atomic mass is 10.1. The van der Waals surface area contributed by atoms with Crippen molar-refractivity contribution in [3.05, 3.63) is 64.7 Å². The first-order valence-corrected chi connectivity index (χ1v) is 9.67. The van der Waals surface area contributed by atoms with E-state index in [0.717, 1.165) is 42.7 Å². The minimum atomic E-state index is 0. The van der Waals surface area contributed by atoms with Crippen LogP contribution in [-0.2, 0) is 17.7 Å². The van der Waals surface area contributed by atoms with Gasteiger partial charge in [0.05, 0.1) is 13.2 Å². The molecule has 0 amide bonds. The smallest absolute Gasteiger partial charge is 0.191 e. The molecule has 0 bridgehead atoms. The van der Waals surface area contributed by atoms with Crippen LogP contribution in [0.4, 0.5) is 5.69 Å². The van der Waals surface area contributed by atoms with Crippen LogP contribution in [0.15, 0.2) is 53.5 Å². The molecule has 0 aliphatic carbocycles. The summed E-state index contributed by atoms with van der Waals surface area (Å²) in [5.41, 5.74) is 3.51. The van der Waals surface area contributed by atoms with Gasteiger partial charge in [0.2, 0.25) is 0 Å². The summed E-state index contributed by atoms with van der Waals surface area (Å²) < 4.78 is 5.04. The molecular weight excluding hydrogens is 487 g/mol. The van der Waals surface area contributed by atoms with E-state index in [2.05, 4.69) is 64.3 Å². The first-order chi connectivity index (χ1) is 13.2. The summed E-state index contributed by atoms with van der Waals surface area (Å²) >= 11 is 5.92. The molecule has 0 heterocycles.